The van der Waals surface area contributed by atoms with E-state index in [1.165, 1.54) is 24.3 Å². The van der Waals surface area contributed by atoms with Crippen LogP contribution in [0.3, 0.4) is 0 Å². The van der Waals surface area contributed by atoms with Crippen molar-refractivity contribution in [2.24, 2.45) is 10.9 Å². The van der Waals surface area contributed by atoms with Crippen LogP contribution in [0.4, 0.5) is 5.69 Å². The Morgan fingerprint density at radius 1 is 1.07 bits per heavy atom. The van der Waals surface area contributed by atoms with E-state index in [-0.39, 0.29) is 22.5 Å². The van der Waals surface area contributed by atoms with Crippen LogP contribution in [0.15, 0.2) is 64.5 Å². The van der Waals surface area contributed by atoms with Gasteiger partial charge in [-0.3, -0.25) is 13.8 Å². The topological polar surface area (TPSA) is 168 Å². The van der Waals surface area contributed by atoms with Gasteiger partial charge in [-0.1, -0.05) is 24.3 Å². The molecule has 0 saturated carbocycles. The van der Waals surface area contributed by atoms with E-state index in [1.807, 2.05) is 0 Å². The molecule has 0 aliphatic heterocycles. The monoisotopic (exact) mass is 453 g/mol. The Balaban J connectivity index is 2.48. The van der Waals surface area contributed by atoms with Crippen LogP contribution >= 0.6 is 7.72 Å². The lowest BCUT2D eigenvalue weighted by molar-refractivity contribution is -0.142. The molecule has 0 aliphatic rings. The Bertz CT molecular complexity index is 964. The molecule has 2 unspecified atom stereocenters. The maximum absolute atomic E-state index is 11.5. The van der Waals surface area contributed by atoms with E-state index < -0.39 is 49.2 Å². The van der Waals surface area contributed by atoms with Gasteiger partial charge in [-0.05, 0) is 47.8 Å². The second-order valence-electron chi connectivity index (χ2n) is 6.41. The second kappa shape index (κ2) is 10.5. The molecule has 0 saturated heterocycles. The molecule has 0 bridgehead atoms. The van der Waals surface area contributed by atoms with E-state index in [9.17, 15) is 33.2 Å². The highest BCUT2D eigenvalue weighted by Crippen LogP contribution is 2.56. The van der Waals surface area contributed by atoms with Gasteiger partial charge in [-0.2, -0.15) is 0 Å². The van der Waals surface area contributed by atoms with Crippen molar-refractivity contribution in [1.29, 1.82) is 0 Å². The largest absolute Gasteiger partial charge is 0.768 e. The third-order valence-corrected chi connectivity index (χ3v) is 6.77. The van der Waals surface area contributed by atoms with Crippen LogP contribution in [0.5, 0.6) is 0 Å². The van der Waals surface area contributed by atoms with Gasteiger partial charge >= 0.3 is 19.7 Å². The number of benzene rings is 2. The molecule has 0 radical (unpaired) electrons. The van der Waals surface area contributed by atoms with Gasteiger partial charge in [0, 0.05) is 16.9 Å². The van der Waals surface area contributed by atoms with Gasteiger partial charge in [-0.25, -0.2) is 14.8 Å². The Kier molecular flexibility index (Phi) is 8.33. The van der Waals surface area contributed by atoms with Crippen LogP contribution in [0.2, 0.25) is 0 Å². The summed E-state index contributed by atoms with van der Waals surface area (Å²) in [6, 6.07) is 13.6. The number of carbonyl (C=O) groups is 2. The van der Waals surface area contributed by atoms with E-state index in [0.717, 1.165) is 0 Å². The van der Waals surface area contributed by atoms with Gasteiger partial charge in [0.05, 0.1) is 11.6 Å². The van der Waals surface area contributed by atoms with Crippen LogP contribution in [-0.2, 0) is 20.7 Å². The van der Waals surface area contributed by atoms with Gasteiger partial charge in [-0.15, -0.1) is 0 Å². The highest BCUT2D eigenvalue weighted by molar-refractivity contribution is 7.82. The van der Waals surface area contributed by atoms with E-state index in [2.05, 4.69) is 4.99 Å². The number of nitrogens with zero attached hydrogens (tertiary/aromatic N) is 1. The molecule has 2 rings (SSSR count). The van der Waals surface area contributed by atoms with E-state index in [1.54, 1.807) is 30.3 Å². The molecule has 0 amide bonds. The first-order chi connectivity index (χ1) is 14.1. The van der Waals surface area contributed by atoms with Crippen molar-refractivity contribution in [3.05, 3.63) is 60.2 Å². The maximum Gasteiger partial charge on any atom is 0.320 e. The predicted molar refractivity (Wildman–Crippen MR) is 110 cm³/mol. The minimum atomic E-state index is -4.13. The van der Waals surface area contributed by atoms with E-state index >= 15 is 0 Å². The molecule has 30 heavy (non-hydrogen) atoms. The third-order valence-electron chi connectivity index (χ3n) is 4.15. The predicted octanol–water partition coefficient (Wildman–Crippen LogP) is 2.40. The molecule has 2 aromatic carbocycles. The standard InChI is InChI=1S/C19H20NO8PS/c21-17(22)10-9-14(19(23)24)12-29(25,26)18(13-5-2-1-3-6-13)20-15-7-4-8-16(11-15)30(27)28/h1-8,11,14,25-26H,9-10,12H2,(H2-,21,22,23,24,27,28). The van der Waals surface area contributed by atoms with Crippen LogP contribution in [-0.4, -0.2) is 52.3 Å². The summed E-state index contributed by atoms with van der Waals surface area (Å²) in [5.41, 5.74) is 0.283. The van der Waals surface area contributed by atoms with Gasteiger partial charge in [0.15, 0.2) is 0 Å². The molecule has 0 aliphatic carbocycles. The minimum Gasteiger partial charge on any atom is -0.768 e. The lowest BCUT2D eigenvalue weighted by atomic mass is 10.1. The zero-order chi connectivity index (χ0) is 22.3. The fourth-order valence-corrected chi connectivity index (χ4v) is 5.07. The zero-order valence-corrected chi connectivity index (χ0v) is 17.3. The summed E-state index contributed by atoms with van der Waals surface area (Å²) in [6.45, 7) is 0. The maximum atomic E-state index is 11.5. The van der Waals surface area contributed by atoms with Crippen LogP contribution in [0.1, 0.15) is 18.4 Å². The quantitative estimate of drug-likeness (QED) is 0.242. The van der Waals surface area contributed by atoms with Crippen LogP contribution in [0, 0.1) is 5.92 Å². The Labute approximate surface area is 175 Å². The number of aliphatic imine (C=N–C) groups is 1. The van der Waals surface area contributed by atoms with Gasteiger partial charge < -0.3 is 14.8 Å². The Hall–Kier alpha value is -2.49. The molecule has 0 fully saturated rings. The second-order valence-corrected chi connectivity index (χ2v) is 9.60. The van der Waals surface area contributed by atoms with Crippen molar-refractivity contribution in [1.82, 2.24) is 0 Å². The minimum absolute atomic E-state index is 0.0478. The highest BCUT2D eigenvalue weighted by Gasteiger charge is 2.46. The molecule has 160 valence electrons. The molecule has 0 heterocycles. The van der Waals surface area contributed by atoms with E-state index in [0.29, 0.717) is 5.56 Å². The number of rotatable bonds is 10. The normalized spacial score (nSPS) is 14.2. The average Bonchev–Trinajstić information content (AvgIpc) is 2.69. The van der Waals surface area contributed by atoms with Crippen molar-refractivity contribution in [2.45, 2.75) is 17.7 Å². The van der Waals surface area contributed by atoms with Crippen molar-refractivity contribution < 1.29 is 38.4 Å². The molecular weight excluding hydrogens is 433 g/mol. The van der Waals surface area contributed by atoms with E-state index in [4.69, 9.17) is 5.11 Å². The summed E-state index contributed by atoms with van der Waals surface area (Å²) in [5.74, 6) is -3.85. The Morgan fingerprint density at radius 3 is 2.30 bits per heavy atom. The fourth-order valence-electron chi connectivity index (χ4n) is 2.70. The molecule has 11 heteroatoms. The first-order valence-corrected chi connectivity index (χ1v) is 11.7. The Morgan fingerprint density at radius 2 is 1.73 bits per heavy atom. The summed E-state index contributed by atoms with van der Waals surface area (Å²) in [5, 5.41) is 18.2. The first-order valence-electron chi connectivity index (χ1n) is 8.72. The van der Waals surface area contributed by atoms with Crippen LogP contribution < -0.4 is 0 Å². The number of carboxylic acids is 2. The smallest absolute Gasteiger partial charge is 0.320 e. The van der Waals surface area contributed by atoms with Crippen molar-refractivity contribution >= 4 is 41.9 Å². The van der Waals surface area contributed by atoms with Crippen LogP contribution in [0.25, 0.3) is 0 Å². The molecule has 4 N–H and O–H groups in total. The summed E-state index contributed by atoms with van der Waals surface area (Å²) in [7, 11) is -4.13. The van der Waals surface area contributed by atoms with Gasteiger partial charge in [0.2, 0.25) is 5.45 Å². The molecule has 2 atom stereocenters. The number of hydrogen-bond donors (Lipinski definition) is 4. The zero-order valence-electron chi connectivity index (χ0n) is 15.6. The summed E-state index contributed by atoms with van der Waals surface area (Å²) >= 11 is -2.51. The van der Waals surface area contributed by atoms with Gasteiger partial charge in [0.25, 0.3) is 0 Å². The summed E-state index contributed by atoms with van der Waals surface area (Å²) < 4.78 is 22.4. The fraction of sp³-hybridized carbons (Fsp3) is 0.211. The molecule has 9 nitrogen and oxygen atoms in total. The SMILES string of the molecule is O=C(O)CCC(C[P+](O)(O)C(=Nc1cccc(S(=O)[O-])c1)c1ccccc1)C(=O)O. The summed E-state index contributed by atoms with van der Waals surface area (Å²) in [6.07, 6.45) is -1.32. The molecule has 0 aromatic heterocycles. The molecule has 0 spiro atoms. The van der Waals surface area contributed by atoms with Crippen molar-refractivity contribution in [3.63, 3.8) is 0 Å². The summed E-state index contributed by atoms with van der Waals surface area (Å²) in [4.78, 5) is 48.2. The molecule has 2 aromatic rings. The lowest BCUT2D eigenvalue weighted by Gasteiger charge is -2.18. The van der Waals surface area contributed by atoms with Gasteiger partial charge in [0.1, 0.15) is 6.16 Å². The molecular formula is C19H20NO8PS. The average molecular weight is 453 g/mol. The third kappa shape index (κ3) is 6.79. The van der Waals surface area contributed by atoms with Crippen molar-refractivity contribution in [3.8, 4) is 0 Å². The van der Waals surface area contributed by atoms with Crippen molar-refractivity contribution in [2.75, 3.05) is 6.16 Å². The lowest BCUT2D eigenvalue weighted by Crippen LogP contribution is -2.24. The first kappa shape index (κ1) is 23.8. The number of aliphatic carboxylic acids is 2. The number of hydrogen-bond acceptors (Lipinski definition) is 7. The highest BCUT2D eigenvalue weighted by atomic mass is 32.2. The number of carboxylic acid groups (broad SMARTS) is 2.